The number of hydrogen-bond acceptors (Lipinski definition) is 3. The zero-order valence-electron chi connectivity index (χ0n) is 12.5. The van der Waals surface area contributed by atoms with E-state index in [1.165, 1.54) is 6.42 Å². The van der Waals surface area contributed by atoms with Crippen LogP contribution < -0.4 is 0 Å². The largest absolute Gasteiger partial charge is 0.504 e. The monoisotopic (exact) mass is 334 g/mol. The van der Waals surface area contributed by atoms with Crippen molar-refractivity contribution in [2.75, 3.05) is 0 Å². The smallest absolute Gasteiger partial charge is 0.306 e. The number of aromatic hydroxyl groups is 1. The van der Waals surface area contributed by atoms with Crippen LogP contribution in [0.4, 0.5) is 17.6 Å². The van der Waals surface area contributed by atoms with Crippen LogP contribution in [-0.4, -0.2) is 11.1 Å². The van der Waals surface area contributed by atoms with Crippen LogP contribution in [0.25, 0.3) is 0 Å². The third kappa shape index (κ3) is 4.14. The normalized spacial score (nSPS) is 15.7. The van der Waals surface area contributed by atoms with Crippen LogP contribution in [0.2, 0.25) is 0 Å². The third-order valence-electron chi connectivity index (χ3n) is 4.20. The highest BCUT2D eigenvalue weighted by Crippen LogP contribution is 2.30. The van der Waals surface area contributed by atoms with E-state index >= 15 is 0 Å². The molecule has 1 saturated carbocycles. The summed E-state index contributed by atoms with van der Waals surface area (Å²) in [5, 5.41) is 9.32. The van der Waals surface area contributed by atoms with E-state index in [4.69, 9.17) is 4.74 Å². The third-order valence-corrected chi connectivity index (χ3v) is 4.20. The van der Waals surface area contributed by atoms with Gasteiger partial charge in [0.2, 0.25) is 11.6 Å². The Morgan fingerprint density at radius 2 is 1.61 bits per heavy atom. The van der Waals surface area contributed by atoms with E-state index in [0.29, 0.717) is 12.3 Å². The molecule has 1 N–H and O–H groups in total. The molecule has 0 heterocycles. The molecule has 7 heteroatoms. The van der Waals surface area contributed by atoms with Crippen LogP contribution in [0.1, 0.15) is 50.5 Å². The average molecular weight is 334 g/mol. The van der Waals surface area contributed by atoms with Gasteiger partial charge in [-0.05, 0) is 12.3 Å². The molecular formula is C16H18F4O3. The minimum Gasteiger partial charge on any atom is -0.504 e. The van der Waals surface area contributed by atoms with E-state index in [1.54, 1.807) is 0 Å². The van der Waals surface area contributed by atoms with E-state index in [2.05, 4.69) is 0 Å². The van der Waals surface area contributed by atoms with Gasteiger partial charge in [0.25, 0.3) is 0 Å². The SMILES string of the molecule is O=C(CCC1CCCCC1)OCc1c(O)c(F)c(F)c(F)c1F. The maximum Gasteiger partial charge on any atom is 0.306 e. The van der Waals surface area contributed by atoms with Crippen LogP contribution >= 0.6 is 0 Å². The molecule has 1 aliphatic rings. The number of esters is 1. The summed E-state index contributed by atoms with van der Waals surface area (Å²) in [6, 6.07) is 0. The number of rotatable bonds is 5. The lowest BCUT2D eigenvalue weighted by Crippen LogP contribution is -2.12. The Bertz CT molecular complexity index is 554. The second-order valence-electron chi connectivity index (χ2n) is 5.79. The fourth-order valence-electron chi connectivity index (χ4n) is 2.82. The van der Waals surface area contributed by atoms with Gasteiger partial charge in [-0.1, -0.05) is 32.1 Å². The lowest BCUT2D eigenvalue weighted by molar-refractivity contribution is -0.145. The lowest BCUT2D eigenvalue weighted by Gasteiger charge is -2.20. The summed E-state index contributed by atoms with van der Waals surface area (Å²) in [6.45, 7) is -0.852. The Morgan fingerprint density at radius 3 is 2.26 bits per heavy atom. The molecule has 2 rings (SSSR count). The number of carbonyl (C=O) groups is 1. The highest BCUT2D eigenvalue weighted by atomic mass is 19.2. The molecule has 128 valence electrons. The van der Waals surface area contributed by atoms with E-state index in [-0.39, 0.29) is 6.42 Å². The summed E-state index contributed by atoms with van der Waals surface area (Å²) in [6.07, 6.45) is 6.31. The number of benzene rings is 1. The molecule has 1 aliphatic carbocycles. The Balaban J connectivity index is 1.91. The topological polar surface area (TPSA) is 46.5 Å². The zero-order valence-corrected chi connectivity index (χ0v) is 12.5. The van der Waals surface area contributed by atoms with E-state index in [9.17, 15) is 27.5 Å². The van der Waals surface area contributed by atoms with Gasteiger partial charge in [-0.15, -0.1) is 0 Å². The average Bonchev–Trinajstić information content (AvgIpc) is 2.57. The molecule has 1 aromatic rings. The zero-order chi connectivity index (χ0) is 17.0. The van der Waals surface area contributed by atoms with Crippen LogP contribution in [0, 0.1) is 29.2 Å². The number of ether oxygens (including phenoxy) is 1. The molecule has 0 amide bonds. The summed E-state index contributed by atoms with van der Waals surface area (Å²) in [5.74, 6) is -9.41. The fourth-order valence-corrected chi connectivity index (χ4v) is 2.82. The standard InChI is InChI=1S/C16H18F4O3/c17-12-10(16(22)15(20)14(19)13(12)18)8-23-11(21)7-6-9-4-2-1-3-5-9/h9,22H,1-8H2. The van der Waals surface area contributed by atoms with Crippen molar-refractivity contribution in [2.24, 2.45) is 5.92 Å². The molecule has 0 aliphatic heterocycles. The van der Waals surface area contributed by atoms with Crippen LogP contribution in [-0.2, 0) is 16.1 Å². The molecule has 0 aromatic heterocycles. The molecule has 0 unspecified atom stereocenters. The Labute approximate surface area is 131 Å². The van der Waals surface area contributed by atoms with Gasteiger partial charge in [0.15, 0.2) is 17.4 Å². The summed E-state index contributed by atoms with van der Waals surface area (Å²) >= 11 is 0. The summed E-state index contributed by atoms with van der Waals surface area (Å²) in [7, 11) is 0. The summed E-state index contributed by atoms with van der Waals surface area (Å²) < 4.78 is 57.4. The van der Waals surface area contributed by atoms with E-state index in [0.717, 1.165) is 25.7 Å². The van der Waals surface area contributed by atoms with Crippen molar-refractivity contribution in [1.29, 1.82) is 0 Å². The molecule has 0 atom stereocenters. The number of phenols is 1. The van der Waals surface area contributed by atoms with Gasteiger partial charge in [-0.3, -0.25) is 4.79 Å². The molecule has 1 aromatic carbocycles. The van der Waals surface area contributed by atoms with Crippen molar-refractivity contribution >= 4 is 5.97 Å². The predicted octanol–water partition coefficient (Wildman–Crippen LogP) is 4.35. The first-order valence-electron chi connectivity index (χ1n) is 7.61. The van der Waals surface area contributed by atoms with Crippen molar-refractivity contribution < 1.29 is 32.2 Å². The second-order valence-corrected chi connectivity index (χ2v) is 5.79. The molecule has 0 radical (unpaired) electrons. The molecule has 3 nitrogen and oxygen atoms in total. The maximum atomic E-state index is 13.5. The minimum atomic E-state index is -2.10. The molecule has 1 fully saturated rings. The van der Waals surface area contributed by atoms with E-state index < -0.39 is 47.2 Å². The van der Waals surface area contributed by atoms with Gasteiger partial charge in [0.1, 0.15) is 6.61 Å². The van der Waals surface area contributed by atoms with Crippen LogP contribution in [0.3, 0.4) is 0 Å². The Hall–Kier alpha value is -1.79. The van der Waals surface area contributed by atoms with E-state index in [1.807, 2.05) is 0 Å². The lowest BCUT2D eigenvalue weighted by atomic mass is 9.86. The van der Waals surface area contributed by atoms with Gasteiger partial charge in [-0.2, -0.15) is 4.39 Å². The molecule has 0 saturated heterocycles. The maximum absolute atomic E-state index is 13.5. The Kier molecular flexibility index (Phi) is 5.85. The highest BCUT2D eigenvalue weighted by Gasteiger charge is 2.26. The number of carbonyl (C=O) groups excluding carboxylic acids is 1. The van der Waals surface area contributed by atoms with Gasteiger partial charge in [-0.25, -0.2) is 13.2 Å². The van der Waals surface area contributed by atoms with Gasteiger partial charge in [0.05, 0.1) is 5.56 Å². The van der Waals surface area contributed by atoms with Crippen molar-refractivity contribution in [3.05, 3.63) is 28.8 Å². The number of phenolic OH excluding ortho intramolecular Hbond substituents is 1. The van der Waals surface area contributed by atoms with Gasteiger partial charge >= 0.3 is 5.97 Å². The Morgan fingerprint density at radius 1 is 1.00 bits per heavy atom. The highest BCUT2D eigenvalue weighted by molar-refractivity contribution is 5.69. The predicted molar refractivity (Wildman–Crippen MR) is 73.5 cm³/mol. The summed E-state index contributed by atoms with van der Waals surface area (Å²) in [4.78, 5) is 11.6. The minimum absolute atomic E-state index is 0.110. The quantitative estimate of drug-likeness (QED) is 0.377. The van der Waals surface area contributed by atoms with Crippen LogP contribution in [0.5, 0.6) is 5.75 Å². The van der Waals surface area contributed by atoms with Crippen LogP contribution in [0.15, 0.2) is 0 Å². The molecule has 0 spiro atoms. The molecular weight excluding hydrogens is 316 g/mol. The first kappa shape index (κ1) is 17.6. The van der Waals surface area contributed by atoms with Crippen molar-refractivity contribution in [1.82, 2.24) is 0 Å². The molecule has 0 bridgehead atoms. The first-order chi connectivity index (χ1) is 10.9. The first-order valence-corrected chi connectivity index (χ1v) is 7.61. The van der Waals surface area contributed by atoms with Crippen molar-refractivity contribution in [3.63, 3.8) is 0 Å². The van der Waals surface area contributed by atoms with Gasteiger partial charge in [0, 0.05) is 6.42 Å². The van der Waals surface area contributed by atoms with Gasteiger partial charge < -0.3 is 9.84 Å². The summed E-state index contributed by atoms with van der Waals surface area (Å²) in [5.41, 5.74) is -0.910. The number of hydrogen-bond donors (Lipinski definition) is 1. The fraction of sp³-hybridized carbons (Fsp3) is 0.562. The molecule has 23 heavy (non-hydrogen) atoms. The van der Waals surface area contributed by atoms with Crippen molar-refractivity contribution in [3.8, 4) is 5.75 Å². The van der Waals surface area contributed by atoms with Crippen molar-refractivity contribution in [2.45, 2.75) is 51.6 Å². The number of halogens is 4. The second kappa shape index (κ2) is 7.66.